The number of hydrogen-bond acceptors (Lipinski definition) is 2. The lowest BCUT2D eigenvalue weighted by Crippen LogP contribution is -2.40. The van der Waals surface area contributed by atoms with Gasteiger partial charge in [0.1, 0.15) is 12.4 Å². The smallest absolute Gasteiger partial charge is 0.317 e. The molecule has 0 aromatic heterocycles. The summed E-state index contributed by atoms with van der Waals surface area (Å²) in [6.45, 7) is 4.50. The molecule has 0 aliphatic heterocycles. The minimum atomic E-state index is -0.0195. The van der Waals surface area contributed by atoms with Crippen molar-refractivity contribution in [2.24, 2.45) is 0 Å². The Hall–Kier alpha value is -4.05. The van der Waals surface area contributed by atoms with E-state index >= 15 is 0 Å². The van der Waals surface area contributed by atoms with E-state index in [0.29, 0.717) is 26.2 Å². The number of carbonyl (C=O) groups excluding carboxylic acids is 1. The van der Waals surface area contributed by atoms with Crippen LogP contribution in [-0.4, -0.2) is 24.0 Å². The first-order valence-electron chi connectivity index (χ1n) is 13.6. The van der Waals surface area contributed by atoms with Crippen LogP contribution in [-0.2, 0) is 13.2 Å². The molecule has 0 radical (unpaired) electrons. The number of ether oxygens (including phenoxy) is 1. The molecule has 2 amide bonds. The van der Waals surface area contributed by atoms with Crippen LogP contribution in [0.3, 0.4) is 0 Å². The summed E-state index contributed by atoms with van der Waals surface area (Å²) in [5.41, 5.74) is 4.71. The Kier molecular flexibility index (Phi) is 10.4. The van der Waals surface area contributed by atoms with E-state index in [1.807, 2.05) is 53.4 Å². The van der Waals surface area contributed by atoms with Crippen molar-refractivity contribution in [2.45, 2.75) is 45.3 Å². The number of hydrogen-bond donors (Lipinski definition) is 1. The Morgan fingerprint density at radius 3 is 2.03 bits per heavy atom. The lowest BCUT2D eigenvalue weighted by molar-refractivity contribution is 0.193. The second-order valence-corrected chi connectivity index (χ2v) is 9.59. The maximum absolute atomic E-state index is 13.3. The number of unbranched alkanes of at least 4 members (excludes halogenated alkanes) is 1. The second kappa shape index (κ2) is 14.6. The predicted molar refractivity (Wildman–Crippen MR) is 155 cm³/mol. The number of amides is 2. The molecule has 0 atom stereocenters. The second-order valence-electron chi connectivity index (χ2n) is 9.59. The first-order valence-corrected chi connectivity index (χ1v) is 13.6. The molecular weight excluding hydrogens is 468 g/mol. The number of nitrogens with zero attached hydrogens (tertiary/aromatic N) is 1. The van der Waals surface area contributed by atoms with Crippen LogP contribution < -0.4 is 10.1 Å². The van der Waals surface area contributed by atoms with Crippen molar-refractivity contribution in [3.63, 3.8) is 0 Å². The summed E-state index contributed by atoms with van der Waals surface area (Å²) in [6.07, 6.45) is 2.85. The third kappa shape index (κ3) is 8.24. The highest BCUT2D eigenvalue weighted by Gasteiger charge is 2.19. The molecule has 38 heavy (non-hydrogen) atoms. The molecule has 4 aromatic carbocycles. The number of benzene rings is 4. The Morgan fingerprint density at radius 1 is 0.789 bits per heavy atom. The van der Waals surface area contributed by atoms with Crippen molar-refractivity contribution < 1.29 is 9.53 Å². The van der Waals surface area contributed by atoms with Crippen LogP contribution in [0.1, 0.15) is 54.4 Å². The van der Waals surface area contributed by atoms with Crippen LogP contribution in [0.4, 0.5) is 4.79 Å². The molecule has 0 fully saturated rings. The quantitative estimate of drug-likeness (QED) is 0.188. The van der Waals surface area contributed by atoms with Crippen molar-refractivity contribution in [3.05, 3.63) is 138 Å². The van der Waals surface area contributed by atoms with E-state index in [4.69, 9.17) is 4.74 Å². The van der Waals surface area contributed by atoms with Gasteiger partial charge in [0.2, 0.25) is 0 Å². The topological polar surface area (TPSA) is 41.6 Å². The van der Waals surface area contributed by atoms with E-state index < -0.39 is 0 Å². The highest BCUT2D eigenvalue weighted by Crippen LogP contribution is 2.28. The molecule has 0 aliphatic carbocycles. The van der Waals surface area contributed by atoms with Gasteiger partial charge < -0.3 is 15.0 Å². The van der Waals surface area contributed by atoms with Gasteiger partial charge in [-0.3, -0.25) is 0 Å². The monoisotopic (exact) mass is 506 g/mol. The van der Waals surface area contributed by atoms with Gasteiger partial charge in [0, 0.05) is 25.6 Å². The highest BCUT2D eigenvalue weighted by molar-refractivity contribution is 5.74. The number of urea groups is 1. The zero-order chi connectivity index (χ0) is 26.4. The van der Waals surface area contributed by atoms with Gasteiger partial charge in [-0.25, -0.2) is 4.79 Å². The van der Waals surface area contributed by atoms with Crippen LogP contribution in [0.5, 0.6) is 5.75 Å². The Balaban J connectivity index is 1.48. The maximum Gasteiger partial charge on any atom is 0.317 e. The van der Waals surface area contributed by atoms with Crippen LogP contribution in [0, 0.1) is 0 Å². The fourth-order valence-corrected chi connectivity index (χ4v) is 4.61. The average Bonchev–Trinajstić information content (AvgIpc) is 2.97. The van der Waals surface area contributed by atoms with E-state index in [0.717, 1.165) is 36.1 Å². The lowest BCUT2D eigenvalue weighted by atomic mass is 9.88. The van der Waals surface area contributed by atoms with Crippen LogP contribution in [0.15, 0.2) is 115 Å². The fraction of sp³-hybridized carbons (Fsp3) is 0.265. The van der Waals surface area contributed by atoms with E-state index in [-0.39, 0.29) is 11.9 Å². The molecule has 4 rings (SSSR count). The van der Waals surface area contributed by atoms with Gasteiger partial charge in [-0.15, -0.1) is 0 Å². The third-order valence-corrected chi connectivity index (χ3v) is 6.71. The standard InChI is InChI=1S/C34H38N2O2/c1-2-3-23-35-34(37)36(24-22-33(30-17-9-5-10-18-30)31-19-11-6-12-20-31)26-29-16-13-21-32(25-29)38-27-28-14-7-4-8-15-28/h4-21,25,33H,2-3,22-24,26-27H2,1H3,(H,35,37). The normalized spacial score (nSPS) is 10.8. The van der Waals surface area contributed by atoms with Gasteiger partial charge in [-0.1, -0.05) is 116 Å². The van der Waals surface area contributed by atoms with E-state index in [1.165, 1.54) is 11.1 Å². The van der Waals surface area contributed by atoms with Gasteiger partial charge >= 0.3 is 6.03 Å². The molecule has 4 heteroatoms. The Bertz CT molecular complexity index is 1190. The van der Waals surface area contributed by atoms with Crippen molar-refractivity contribution in [2.75, 3.05) is 13.1 Å². The molecule has 196 valence electrons. The molecule has 0 aliphatic rings. The van der Waals surface area contributed by atoms with Crippen molar-refractivity contribution in [1.29, 1.82) is 0 Å². The Labute approximate surface area is 227 Å². The lowest BCUT2D eigenvalue weighted by Gasteiger charge is -2.26. The number of nitrogens with one attached hydrogen (secondary N) is 1. The van der Waals surface area contributed by atoms with E-state index in [1.54, 1.807) is 0 Å². The minimum Gasteiger partial charge on any atom is -0.489 e. The third-order valence-electron chi connectivity index (χ3n) is 6.71. The summed E-state index contributed by atoms with van der Waals surface area (Å²) >= 11 is 0. The maximum atomic E-state index is 13.3. The fourth-order valence-electron chi connectivity index (χ4n) is 4.61. The number of rotatable bonds is 13. The summed E-state index contributed by atoms with van der Waals surface area (Å²) in [6, 6.07) is 39.4. The largest absolute Gasteiger partial charge is 0.489 e. The minimum absolute atomic E-state index is 0.0195. The summed E-state index contributed by atoms with van der Waals surface area (Å²) in [5, 5.41) is 3.12. The molecule has 0 spiro atoms. The van der Waals surface area contributed by atoms with Gasteiger partial charge in [-0.05, 0) is 47.2 Å². The molecule has 0 heterocycles. The zero-order valence-electron chi connectivity index (χ0n) is 22.3. The summed E-state index contributed by atoms with van der Waals surface area (Å²) < 4.78 is 6.05. The first-order chi connectivity index (χ1) is 18.7. The molecule has 0 saturated heterocycles. The molecule has 0 bridgehead atoms. The SMILES string of the molecule is CCCCNC(=O)N(CCC(c1ccccc1)c1ccccc1)Cc1cccc(OCc2ccccc2)c1. The molecule has 4 aromatic rings. The molecular formula is C34H38N2O2. The van der Waals surface area contributed by atoms with Gasteiger partial charge in [0.05, 0.1) is 0 Å². The predicted octanol–water partition coefficient (Wildman–Crippen LogP) is 7.80. The van der Waals surface area contributed by atoms with Gasteiger partial charge in [0.25, 0.3) is 0 Å². The van der Waals surface area contributed by atoms with Gasteiger partial charge in [0.15, 0.2) is 0 Å². The number of carbonyl (C=O) groups is 1. The van der Waals surface area contributed by atoms with Crippen molar-refractivity contribution in [1.82, 2.24) is 10.2 Å². The van der Waals surface area contributed by atoms with Crippen molar-refractivity contribution >= 4 is 6.03 Å². The van der Waals surface area contributed by atoms with Crippen molar-refractivity contribution in [3.8, 4) is 5.75 Å². The zero-order valence-corrected chi connectivity index (χ0v) is 22.3. The average molecular weight is 507 g/mol. The van der Waals surface area contributed by atoms with Crippen LogP contribution in [0.2, 0.25) is 0 Å². The molecule has 1 N–H and O–H groups in total. The van der Waals surface area contributed by atoms with Crippen LogP contribution >= 0.6 is 0 Å². The summed E-state index contributed by atoms with van der Waals surface area (Å²) in [7, 11) is 0. The molecule has 0 unspecified atom stereocenters. The molecule has 4 nitrogen and oxygen atoms in total. The van der Waals surface area contributed by atoms with E-state index in [2.05, 4.69) is 79.0 Å². The molecule has 0 saturated carbocycles. The van der Waals surface area contributed by atoms with Gasteiger partial charge in [-0.2, -0.15) is 0 Å². The van der Waals surface area contributed by atoms with Crippen LogP contribution in [0.25, 0.3) is 0 Å². The first kappa shape index (κ1) is 27.0. The summed E-state index contributed by atoms with van der Waals surface area (Å²) in [5.74, 6) is 1.02. The highest BCUT2D eigenvalue weighted by atomic mass is 16.5. The Morgan fingerprint density at radius 2 is 1.39 bits per heavy atom. The van der Waals surface area contributed by atoms with E-state index in [9.17, 15) is 4.79 Å². The summed E-state index contributed by atoms with van der Waals surface area (Å²) in [4.78, 5) is 15.2.